The molecule has 3 aromatic rings. The smallest absolute Gasteiger partial charge is 0.351 e. The zero-order valence-corrected chi connectivity index (χ0v) is 20.6. The van der Waals surface area contributed by atoms with E-state index in [1.807, 2.05) is 30.3 Å². The Morgan fingerprint density at radius 1 is 1.08 bits per heavy atom. The molecule has 0 bridgehead atoms. The summed E-state index contributed by atoms with van der Waals surface area (Å²) < 4.78 is 28.9. The fourth-order valence-corrected chi connectivity index (χ4v) is 4.76. The Kier molecular flexibility index (Phi) is 7.00. The molecule has 4 rings (SSSR count). The van der Waals surface area contributed by atoms with E-state index in [2.05, 4.69) is 10.4 Å². The van der Waals surface area contributed by atoms with Gasteiger partial charge in [0.05, 0.1) is 16.3 Å². The second-order valence-electron chi connectivity index (χ2n) is 9.11. The third-order valence-corrected chi connectivity index (χ3v) is 7.04. The van der Waals surface area contributed by atoms with Crippen LogP contribution >= 0.6 is 11.6 Å². The Morgan fingerprint density at radius 2 is 1.73 bits per heavy atom. The van der Waals surface area contributed by atoms with Crippen molar-refractivity contribution in [2.24, 2.45) is 5.73 Å². The summed E-state index contributed by atoms with van der Waals surface area (Å²) in [5.74, 6) is -3.34. The number of halogens is 3. The second kappa shape index (κ2) is 9.89. The van der Waals surface area contributed by atoms with Crippen LogP contribution in [0.3, 0.4) is 0 Å². The van der Waals surface area contributed by atoms with Gasteiger partial charge in [0.25, 0.3) is 11.5 Å². The van der Waals surface area contributed by atoms with Crippen molar-refractivity contribution >= 4 is 23.5 Å². The van der Waals surface area contributed by atoms with E-state index in [-0.39, 0.29) is 58.8 Å². The average molecular weight is 532 g/mol. The van der Waals surface area contributed by atoms with Gasteiger partial charge in [-0.1, -0.05) is 41.9 Å². The largest absolute Gasteiger partial charge is 0.360 e. The van der Waals surface area contributed by atoms with Crippen LogP contribution in [0.1, 0.15) is 47.3 Å². The number of nitrogens with one attached hydrogen (secondary N) is 1. The van der Waals surface area contributed by atoms with Gasteiger partial charge < -0.3 is 11.1 Å². The van der Waals surface area contributed by atoms with Gasteiger partial charge in [-0.15, -0.1) is 0 Å². The van der Waals surface area contributed by atoms with Crippen LogP contribution in [-0.4, -0.2) is 38.8 Å². The minimum absolute atomic E-state index is 0.00769. The third kappa shape index (κ3) is 5.17. The van der Waals surface area contributed by atoms with E-state index in [9.17, 15) is 28.0 Å². The number of aryl methyl sites for hydroxylation is 1. The number of hydrogen-bond donors (Lipinski definition) is 2. The molecule has 2 aromatic carbocycles. The van der Waals surface area contributed by atoms with E-state index < -0.39 is 34.5 Å². The van der Waals surface area contributed by atoms with Gasteiger partial charge in [0.15, 0.2) is 0 Å². The second-order valence-corrected chi connectivity index (χ2v) is 9.51. The van der Waals surface area contributed by atoms with Gasteiger partial charge in [0.2, 0.25) is 5.92 Å². The number of nitrogens with zero attached hydrogens (tertiary/aromatic N) is 3. The van der Waals surface area contributed by atoms with Crippen molar-refractivity contribution in [2.45, 2.75) is 43.9 Å². The zero-order chi connectivity index (χ0) is 27.0. The molecule has 1 saturated carbocycles. The quantitative estimate of drug-likeness (QED) is 0.522. The SMILES string of the molecule is Cc1nn(-c2ccc(Cl)c(C(=O)NCC3(c4ccccc4)CCC(F)(F)CC3)c2)c(=O)n(C(N)=O)c1=O. The number of alkyl halides is 2. The summed E-state index contributed by atoms with van der Waals surface area (Å²) in [6.07, 6.45) is -0.217. The van der Waals surface area contributed by atoms with Crippen LogP contribution in [0, 0.1) is 6.92 Å². The van der Waals surface area contributed by atoms with Gasteiger partial charge in [-0.25, -0.2) is 18.4 Å². The normalized spacial score (nSPS) is 16.2. The number of benzene rings is 2. The van der Waals surface area contributed by atoms with Crippen molar-refractivity contribution in [1.82, 2.24) is 19.7 Å². The number of primary amides is 1. The maximum absolute atomic E-state index is 14.0. The van der Waals surface area contributed by atoms with Crippen molar-refractivity contribution in [1.29, 1.82) is 0 Å². The highest BCUT2D eigenvalue weighted by Gasteiger charge is 2.44. The maximum Gasteiger partial charge on any atom is 0.360 e. The lowest BCUT2D eigenvalue weighted by molar-refractivity contribution is -0.0516. The van der Waals surface area contributed by atoms with Crippen molar-refractivity contribution in [3.8, 4) is 5.69 Å². The summed E-state index contributed by atoms with van der Waals surface area (Å²) in [4.78, 5) is 49.7. The average Bonchev–Trinajstić information content (AvgIpc) is 2.86. The van der Waals surface area contributed by atoms with Crippen LogP contribution in [0.4, 0.5) is 13.6 Å². The molecule has 1 aromatic heterocycles. The first-order chi connectivity index (χ1) is 17.4. The highest BCUT2D eigenvalue weighted by Crippen LogP contribution is 2.45. The van der Waals surface area contributed by atoms with Crippen LogP contribution in [-0.2, 0) is 5.41 Å². The fraction of sp³-hybridized carbons (Fsp3) is 0.320. The predicted octanol–water partition coefficient (Wildman–Crippen LogP) is 3.16. The molecule has 1 aliphatic rings. The lowest BCUT2D eigenvalue weighted by Crippen LogP contribution is -2.47. The summed E-state index contributed by atoms with van der Waals surface area (Å²) in [7, 11) is 0. The Morgan fingerprint density at radius 3 is 2.35 bits per heavy atom. The predicted molar refractivity (Wildman–Crippen MR) is 133 cm³/mol. The van der Waals surface area contributed by atoms with Crippen molar-refractivity contribution in [3.05, 3.63) is 91.2 Å². The molecule has 0 saturated heterocycles. The van der Waals surface area contributed by atoms with E-state index in [0.717, 1.165) is 10.2 Å². The first kappa shape index (κ1) is 26.2. The minimum atomic E-state index is -2.75. The Bertz CT molecular complexity index is 1480. The van der Waals surface area contributed by atoms with Crippen molar-refractivity contribution in [2.75, 3.05) is 6.54 Å². The van der Waals surface area contributed by atoms with Crippen LogP contribution in [0.5, 0.6) is 0 Å². The topological polar surface area (TPSA) is 129 Å². The minimum Gasteiger partial charge on any atom is -0.351 e. The summed E-state index contributed by atoms with van der Waals surface area (Å²) in [6, 6.07) is 12.0. The lowest BCUT2D eigenvalue weighted by Gasteiger charge is -2.40. The van der Waals surface area contributed by atoms with Gasteiger partial charge in [-0.05, 0) is 43.5 Å². The van der Waals surface area contributed by atoms with E-state index in [1.165, 1.54) is 25.1 Å². The molecule has 0 spiro atoms. The molecule has 0 unspecified atom stereocenters. The summed E-state index contributed by atoms with van der Waals surface area (Å²) in [6.45, 7) is 1.40. The molecule has 1 heterocycles. The molecule has 1 aliphatic carbocycles. The molecular weight excluding hydrogens is 508 g/mol. The Balaban J connectivity index is 1.66. The fourth-order valence-electron chi connectivity index (χ4n) is 4.56. The van der Waals surface area contributed by atoms with Gasteiger partial charge in [0, 0.05) is 24.8 Å². The third-order valence-electron chi connectivity index (χ3n) is 6.71. The molecule has 2 amide bonds. The van der Waals surface area contributed by atoms with Crippen LogP contribution < -0.4 is 22.3 Å². The number of nitrogens with two attached hydrogens (primary N) is 1. The molecule has 0 radical (unpaired) electrons. The summed E-state index contributed by atoms with van der Waals surface area (Å²) >= 11 is 6.27. The molecule has 37 heavy (non-hydrogen) atoms. The molecule has 12 heteroatoms. The van der Waals surface area contributed by atoms with Gasteiger partial charge in [-0.2, -0.15) is 14.3 Å². The molecule has 1 fully saturated rings. The maximum atomic E-state index is 14.0. The Labute approximate surface area is 214 Å². The molecular formula is C25H24ClF2N5O4. The number of carbonyl (C=O) groups excluding carboxylic acids is 2. The van der Waals surface area contributed by atoms with E-state index in [0.29, 0.717) is 0 Å². The standard InChI is InChI=1S/C25H24ClF2N5O4/c1-15-21(35)32(22(29)36)23(37)33(31-15)17-7-8-19(26)18(13-17)20(34)30-14-24(16-5-3-2-4-6-16)9-11-25(27,28)12-10-24/h2-8,13H,9-12,14H2,1H3,(H2,29,36)(H,30,34). The molecule has 0 aliphatic heterocycles. The van der Waals surface area contributed by atoms with Crippen LogP contribution in [0.2, 0.25) is 5.02 Å². The van der Waals surface area contributed by atoms with E-state index >= 15 is 0 Å². The van der Waals surface area contributed by atoms with Crippen LogP contribution in [0.25, 0.3) is 5.69 Å². The summed E-state index contributed by atoms with van der Waals surface area (Å²) in [5.41, 5.74) is 3.16. The van der Waals surface area contributed by atoms with Gasteiger partial charge in [0.1, 0.15) is 5.69 Å². The lowest BCUT2D eigenvalue weighted by atomic mass is 9.68. The zero-order valence-electron chi connectivity index (χ0n) is 19.8. The van der Waals surface area contributed by atoms with Crippen molar-refractivity contribution < 1.29 is 18.4 Å². The van der Waals surface area contributed by atoms with Crippen molar-refractivity contribution in [3.63, 3.8) is 0 Å². The number of carbonyl (C=O) groups is 2. The van der Waals surface area contributed by atoms with E-state index in [4.69, 9.17) is 17.3 Å². The number of amides is 2. The van der Waals surface area contributed by atoms with E-state index in [1.54, 1.807) is 0 Å². The number of hydrogen-bond acceptors (Lipinski definition) is 5. The Hall–Kier alpha value is -3.86. The molecule has 3 N–H and O–H groups in total. The number of aromatic nitrogens is 3. The molecule has 194 valence electrons. The summed E-state index contributed by atoms with van der Waals surface area (Å²) in [5, 5.41) is 6.80. The molecule has 0 atom stereocenters. The monoisotopic (exact) mass is 531 g/mol. The number of rotatable bonds is 5. The molecule has 9 nitrogen and oxygen atoms in total. The first-order valence-electron chi connectivity index (χ1n) is 11.5. The van der Waals surface area contributed by atoms with Gasteiger partial charge in [-0.3, -0.25) is 9.59 Å². The highest BCUT2D eigenvalue weighted by atomic mass is 35.5. The van der Waals surface area contributed by atoms with Crippen LogP contribution in [0.15, 0.2) is 58.1 Å². The highest BCUT2D eigenvalue weighted by molar-refractivity contribution is 6.33. The first-order valence-corrected chi connectivity index (χ1v) is 11.9. The van der Waals surface area contributed by atoms with Gasteiger partial charge >= 0.3 is 11.7 Å².